The van der Waals surface area contributed by atoms with Crippen molar-refractivity contribution in [1.29, 1.82) is 0 Å². The smallest absolute Gasteiger partial charge is 0.225 e. The fourth-order valence-electron chi connectivity index (χ4n) is 4.07. The molecular formula is C20H26N4O2. The molecule has 0 unspecified atom stereocenters. The zero-order chi connectivity index (χ0) is 17.8. The maximum absolute atomic E-state index is 12.9. The molecular weight excluding hydrogens is 328 g/mol. The second-order valence-electron chi connectivity index (χ2n) is 7.24. The summed E-state index contributed by atoms with van der Waals surface area (Å²) in [6.07, 6.45) is 9.52. The van der Waals surface area contributed by atoms with E-state index in [0.29, 0.717) is 25.0 Å². The van der Waals surface area contributed by atoms with E-state index in [1.165, 1.54) is 0 Å². The molecule has 2 aliphatic heterocycles. The van der Waals surface area contributed by atoms with Gasteiger partial charge in [0.05, 0.1) is 12.2 Å². The monoisotopic (exact) mass is 354 g/mol. The van der Waals surface area contributed by atoms with Crippen molar-refractivity contribution in [2.45, 2.75) is 38.1 Å². The van der Waals surface area contributed by atoms with E-state index in [2.05, 4.69) is 19.4 Å². The summed E-state index contributed by atoms with van der Waals surface area (Å²) in [5, 5.41) is 0. The van der Waals surface area contributed by atoms with Gasteiger partial charge in [-0.2, -0.15) is 0 Å². The molecule has 0 radical (unpaired) electrons. The van der Waals surface area contributed by atoms with Gasteiger partial charge in [-0.15, -0.1) is 0 Å². The number of piperidine rings is 1. The Balaban J connectivity index is 1.45. The van der Waals surface area contributed by atoms with Crippen LogP contribution in [0.15, 0.2) is 36.8 Å². The first kappa shape index (κ1) is 17.2. The average Bonchev–Trinajstić information content (AvgIpc) is 3.17. The van der Waals surface area contributed by atoms with Crippen molar-refractivity contribution in [1.82, 2.24) is 19.4 Å². The molecule has 0 bridgehead atoms. The van der Waals surface area contributed by atoms with Crippen LogP contribution in [0, 0.1) is 5.92 Å². The molecule has 6 nitrogen and oxygen atoms in total. The van der Waals surface area contributed by atoms with Crippen LogP contribution >= 0.6 is 0 Å². The van der Waals surface area contributed by atoms with Gasteiger partial charge in [0.25, 0.3) is 0 Å². The van der Waals surface area contributed by atoms with Crippen LogP contribution in [0.2, 0.25) is 0 Å². The molecule has 2 saturated heterocycles. The number of rotatable bonds is 4. The minimum atomic E-state index is 0.135. The molecule has 4 rings (SSSR count). The lowest BCUT2D eigenvalue weighted by Gasteiger charge is -2.35. The number of amides is 1. The largest absolute Gasteiger partial charge is 0.381 e. The first-order chi connectivity index (χ1) is 12.8. The highest BCUT2D eigenvalue weighted by Gasteiger charge is 2.31. The summed E-state index contributed by atoms with van der Waals surface area (Å²) in [7, 11) is 0. The Hall–Kier alpha value is -2.21. The summed E-state index contributed by atoms with van der Waals surface area (Å²) in [5.41, 5.74) is 1.03. The van der Waals surface area contributed by atoms with E-state index >= 15 is 0 Å². The van der Waals surface area contributed by atoms with Crippen LogP contribution in [0.1, 0.15) is 43.1 Å². The molecule has 1 amide bonds. The summed E-state index contributed by atoms with van der Waals surface area (Å²) in [6.45, 7) is 3.79. The van der Waals surface area contributed by atoms with Crippen LogP contribution in [-0.2, 0) is 16.1 Å². The molecule has 0 aliphatic carbocycles. The third kappa shape index (κ3) is 3.80. The highest BCUT2D eigenvalue weighted by molar-refractivity contribution is 5.79. The molecule has 1 atom stereocenters. The highest BCUT2D eigenvalue weighted by atomic mass is 16.5. The Kier molecular flexibility index (Phi) is 5.29. The number of hydrogen-bond donors (Lipinski definition) is 0. The second-order valence-corrected chi connectivity index (χ2v) is 7.24. The molecule has 0 spiro atoms. The Morgan fingerprint density at radius 2 is 2.04 bits per heavy atom. The lowest BCUT2D eigenvalue weighted by molar-refractivity contribution is -0.139. The molecule has 0 N–H and O–H groups in total. The predicted molar refractivity (Wildman–Crippen MR) is 97.7 cm³/mol. The number of carbonyl (C=O) groups is 1. The maximum atomic E-state index is 12.9. The van der Waals surface area contributed by atoms with Crippen molar-refractivity contribution >= 4 is 5.91 Å². The van der Waals surface area contributed by atoms with Crippen molar-refractivity contribution in [3.05, 3.63) is 48.3 Å². The Morgan fingerprint density at radius 1 is 1.15 bits per heavy atom. The molecule has 2 aliphatic rings. The molecule has 2 fully saturated rings. The van der Waals surface area contributed by atoms with E-state index in [4.69, 9.17) is 4.74 Å². The van der Waals surface area contributed by atoms with Gasteiger partial charge in [-0.25, -0.2) is 4.98 Å². The van der Waals surface area contributed by atoms with Crippen molar-refractivity contribution in [3.8, 4) is 0 Å². The first-order valence-electron chi connectivity index (χ1n) is 9.59. The summed E-state index contributed by atoms with van der Waals surface area (Å²) in [5.74, 6) is 1.81. The van der Waals surface area contributed by atoms with E-state index in [-0.39, 0.29) is 5.92 Å². The van der Waals surface area contributed by atoms with Gasteiger partial charge in [-0.05, 0) is 37.8 Å². The van der Waals surface area contributed by atoms with Gasteiger partial charge in [0.15, 0.2) is 0 Å². The highest BCUT2D eigenvalue weighted by Crippen LogP contribution is 2.28. The van der Waals surface area contributed by atoms with Gasteiger partial charge in [0, 0.05) is 56.7 Å². The first-order valence-corrected chi connectivity index (χ1v) is 9.59. The standard InChI is InChI=1S/C20H26N4O2/c25-20(16-6-12-26-13-7-16)24-10-3-4-17(14-24)19-22-9-11-23(19)15-18-5-1-2-8-21-18/h1-2,5,8-9,11,16-17H,3-4,6-7,10,12-15H2/t17-/m1/s1. The number of imidazole rings is 1. The third-order valence-corrected chi connectivity index (χ3v) is 5.47. The quantitative estimate of drug-likeness (QED) is 0.846. The predicted octanol–water partition coefficient (Wildman–Crippen LogP) is 2.46. The lowest BCUT2D eigenvalue weighted by Crippen LogP contribution is -2.44. The van der Waals surface area contributed by atoms with Crippen LogP contribution in [-0.4, -0.2) is 51.6 Å². The molecule has 2 aromatic heterocycles. The Labute approximate surface area is 154 Å². The minimum absolute atomic E-state index is 0.135. The fourth-order valence-corrected chi connectivity index (χ4v) is 4.07. The van der Waals surface area contributed by atoms with E-state index in [1.54, 1.807) is 0 Å². The number of likely N-dealkylation sites (tertiary alicyclic amines) is 1. The number of aromatic nitrogens is 3. The zero-order valence-corrected chi connectivity index (χ0v) is 15.1. The van der Waals surface area contributed by atoms with E-state index in [0.717, 1.165) is 56.8 Å². The number of hydrogen-bond acceptors (Lipinski definition) is 4. The van der Waals surface area contributed by atoms with Crippen molar-refractivity contribution in [2.24, 2.45) is 5.92 Å². The molecule has 2 aromatic rings. The van der Waals surface area contributed by atoms with Crippen LogP contribution in [0.4, 0.5) is 0 Å². The van der Waals surface area contributed by atoms with E-state index in [1.807, 2.05) is 36.8 Å². The van der Waals surface area contributed by atoms with Crippen LogP contribution in [0.25, 0.3) is 0 Å². The van der Waals surface area contributed by atoms with Gasteiger partial charge >= 0.3 is 0 Å². The lowest BCUT2D eigenvalue weighted by atomic mass is 9.93. The van der Waals surface area contributed by atoms with Crippen LogP contribution in [0.3, 0.4) is 0 Å². The second kappa shape index (κ2) is 7.99. The van der Waals surface area contributed by atoms with Gasteiger partial charge in [-0.3, -0.25) is 9.78 Å². The average molecular weight is 354 g/mol. The number of ether oxygens (including phenoxy) is 1. The SMILES string of the molecule is O=C(C1CCOCC1)N1CCC[C@@H](c2nccn2Cc2ccccn2)C1. The summed E-state index contributed by atoms with van der Waals surface area (Å²) >= 11 is 0. The van der Waals surface area contributed by atoms with Gasteiger partial charge < -0.3 is 14.2 Å². The number of carbonyl (C=O) groups excluding carboxylic acids is 1. The van der Waals surface area contributed by atoms with Crippen LogP contribution in [0.5, 0.6) is 0 Å². The number of nitrogens with zero attached hydrogens (tertiary/aromatic N) is 4. The normalized spacial score (nSPS) is 21.7. The maximum Gasteiger partial charge on any atom is 0.225 e. The zero-order valence-electron chi connectivity index (χ0n) is 15.1. The van der Waals surface area contributed by atoms with Crippen molar-refractivity contribution in [2.75, 3.05) is 26.3 Å². The molecule has 6 heteroatoms. The molecule has 138 valence electrons. The molecule has 0 saturated carbocycles. The summed E-state index contributed by atoms with van der Waals surface area (Å²) < 4.78 is 7.58. The van der Waals surface area contributed by atoms with Crippen molar-refractivity contribution < 1.29 is 9.53 Å². The topological polar surface area (TPSA) is 60.2 Å². The van der Waals surface area contributed by atoms with E-state index in [9.17, 15) is 4.79 Å². The van der Waals surface area contributed by atoms with E-state index < -0.39 is 0 Å². The third-order valence-electron chi connectivity index (χ3n) is 5.47. The van der Waals surface area contributed by atoms with Gasteiger partial charge in [-0.1, -0.05) is 6.07 Å². The Morgan fingerprint density at radius 3 is 2.85 bits per heavy atom. The molecule has 26 heavy (non-hydrogen) atoms. The molecule has 4 heterocycles. The van der Waals surface area contributed by atoms with Gasteiger partial charge in [0.1, 0.15) is 5.82 Å². The number of pyridine rings is 1. The van der Waals surface area contributed by atoms with Gasteiger partial charge in [0.2, 0.25) is 5.91 Å². The van der Waals surface area contributed by atoms with Crippen LogP contribution < -0.4 is 0 Å². The summed E-state index contributed by atoms with van der Waals surface area (Å²) in [4.78, 5) is 24.0. The Bertz CT molecular complexity index is 724. The molecule has 0 aromatic carbocycles. The van der Waals surface area contributed by atoms with Crippen molar-refractivity contribution in [3.63, 3.8) is 0 Å². The fraction of sp³-hybridized carbons (Fsp3) is 0.550. The summed E-state index contributed by atoms with van der Waals surface area (Å²) in [6, 6.07) is 5.97. The minimum Gasteiger partial charge on any atom is -0.381 e.